The molecule has 2 aromatic carbocycles. The molecule has 5 nitrogen and oxygen atoms in total. The Kier molecular flexibility index (Phi) is 8.45. The van der Waals surface area contributed by atoms with Crippen molar-refractivity contribution in [1.29, 1.82) is 0 Å². The summed E-state index contributed by atoms with van der Waals surface area (Å²) in [5, 5.41) is 22.1. The lowest BCUT2D eigenvalue weighted by molar-refractivity contribution is -0.693. The number of Topliss-reactive ketones (excluding diaryl/α,β-unsaturated/α-hetero) is 2. The van der Waals surface area contributed by atoms with Crippen molar-refractivity contribution in [3.8, 4) is 5.75 Å². The first-order chi connectivity index (χ1) is 11.9. The minimum absolute atomic E-state index is 0. The quantitative estimate of drug-likeness (QED) is 0.507. The minimum Gasteiger partial charge on any atom is -1.00 e. The Hall–Kier alpha value is -2.21. The van der Waals surface area contributed by atoms with Gasteiger partial charge in [0.05, 0.1) is 18.5 Å². The van der Waals surface area contributed by atoms with Gasteiger partial charge in [-0.1, -0.05) is 30.3 Å². The molecule has 0 saturated carbocycles. The zero-order chi connectivity index (χ0) is 18.4. The van der Waals surface area contributed by atoms with E-state index in [4.69, 9.17) is 0 Å². The van der Waals surface area contributed by atoms with Crippen LogP contribution in [-0.4, -0.2) is 34.4 Å². The highest BCUT2D eigenvalue weighted by Gasteiger charge is 2.20. The van der Waals surface area contributed by atoms with Gasteiger partial charge in [-0.3, -0.25) is 9.59 Å². The smallest absolute Gasteiger partial charge is 0.172 e. The Bertz CT molecular complexity index is 749. The first kappa shape index (κ1) is 21.8. The van der Waals surface area contributed by atoms with Crippen LogP contribution >= 0.6 is 0 Å². The second-order valence-electron chi connectivity index (χ2n) is 6.20. The molecule has 2 unspecified atom stereocenters. The average Bonchev–Trinajstić information content (AvgIpc) is 2.61. The predicted octanol–water partition coefficient (Wildman–Crippen LogP) is -1.14. The molecule has 0 heterocycles. The molecule has 0 radical (unpaired) electrons. The van der Waals surface area contributed by atoms with Crippen LogP contribution in [0.1, 0.15) is 52.7 Å². The molecular formula is C20H24ClNO4. The van der Waals surface area contributed by atoms with Gasteiger partial charge < -0.3 is 27.9 Å². The number of aliphatic hydroxyl groups is 1. The average molecular weight is 378 g/mol. The molecule has 0 aliphatic heterocycles. The summed E-state index contributed by atoms with van der Waals surface area (Å²) >= 11 is 0. The molecule has 0 amide bonds. The fraction of sp³-hybridized carbons (Fsp3) is 0.300. The Morgan fingerprint density at radius 2 is 1.77 bits per heavy atom. The van der Waals surface area contributed by atoms with E-state index in [-0.39, 0.29) is 47.7 Å². The molecule has 0 saturated heterocycles. The van der Waals surface area contributed by atoms with Crippen LogP contribution in [0.15, 0.2) is 48.5 Å². The summed E-state index contributed by atoms with van der Waals surface area (Å²) < 4.78 is 0. The van der Waals surface area contributed by atoms with Gasteiger partial charge in [0.1, 0.15) is 17.9 Å². The van der Waals surface area contributed by atoms with Crippen LogP contribution in [0.2, 0.25) is 0 Å². The van der Waals surface area contributed by atoms with E-state index in [1.807, 2.05) is 42.6 Å². The topological polar surface area (TPSA) is 91.2 Å². The van der Waals surface area contributed by atoms with E-state index in [9.17, 15) is 19.8 Å². The molecule has 0 bridgehead atoms. The summed E-state index contributed by atoms with van der Waals surface area (Å²) in [4.78, 5) is 23.7. The maximum absolute atomic E-state index is 12.3. The SMILES string of the molecule is CC(=O)c1ccc(O)c(C(=O)CC[NH2+]C(C)C(O)c2ccccc2)c1.[Cl-]. The van der Waals surface area contributed by atoms with Gasteiger partial charge in [0, 0.05) is 5.56 Å². The zero-order valence-corrected chi connectivity index (χ0v) is 15.6. The second kappa shape index (κ2) is 10.1. The maximum atomic E-state index is 12.3. The summed E-state index contributed by atoms with van der Waals surface area (Å²) in [6.45, 7) is 3.80. The van der Waals surface area contributed by atoms with Crippen molar-refractivity contribution in [2.75, 3.05) is 6.54 Å². The standard InChI is InChI=1S/C20H23NO4.ClH/c1-13(20(25)15-6-4-3-5-7-15)21-11-10-19(24)17-12-16(14(2)22)8-9-18(17)23;/h3-9,12-13,20-21,23,25H,10-11H2,1-2H3;1H. The molecule has 0 aliphatic rings. The lowest BCUT2D eigenvalue weighted by atomic mass is 10.0. The molecule has 140 valence electrons. The summed E-state index contributed by atoms with van der Waals surface area (Å²) in [5.41, 5.74) is 1.40. The van der Waals surface area contributed by atoms with E-state index in [0.717, 1.165) is 5.56 Å². The number of aromatic hydroxyl groups is 1. The van der Waals surface area contributed by atoms with Crippen molar-refractivity contribution in [1.82, 2.24) is 0 Å². The van der Waals surface area contributed by atoms with Gasteiger partial charge in [-0.05, 0) is 37.6 Å². The van der Waals surface area contributed by atoms with Crippen LogP contribution in [0.5, 0.6) is 5.75 Å². The van der Waals surface area contributed by atoms with Crippen molar-refractivity contribution < 1.29 is 37.5 Å². The number of phenols is 1. The van der Waals surface area contributed by atoms with E-state index in [1.54, 1.807) is 0 Å². The van der Waals surface area contributed by atoms with Crippen LogP contribution in [-0.2, 0) is 0 Å². The van der Waals surface area contributed by atoms with Gasteiger partial charge in [-0.2, -0.15) is 0 Å². The largest absolute Gasteiger partial charge is 1.00 e. The maximum Gasteiger partial charge on any atom is 0.172 e. The molecule has 2 atom stereocenters. The van der Waals surface area contributed by atoms with Crippen molar-refractivity contribution in [2.45, 2.75) is 32.4 Å². The molecule has 4 N–H and O–H groups in total. The summed E-state index contributed by atoms with van der Waals surface area (Å²) in [7, 11) is 0. The van der Waals surface area contributed by atoms with Crippen molar-refractivity contribution in [3.05, 3.63) is 65.2 Å². The number of phenolic OH excluding ortho intramolecular Hbond substituents is 1. The van der Waals surface area contributed by atoms with Gasteiger partial charge in [0.2, 0.25) is 0 Å². The van der Waals surface area contributed by atoms with Gasteiger partial charge in [-0.25, -0.2) is 0 Å². The molecule has 26 heavy (non-hydrogen) atoms. The van der Waals surface area contributed by atoms with Crippen LogP contribution in [0.25, 0.3) is 0 Å². The van der Waals surface area contributed by atoms with Gasteiger partial charge >= 0.3 is 0 Å². The number of halogens is 1. The number of rotatable bonds is 8. The van der Waals surface area contributed by atoms with E-state index in [2.05, 4.69) is 0 Å². The van der Waals surface area contributed by atoms with Crippen LogP contribution in [0.4, 0.5) is 0 Å². The molecule has 0 aliphatic carbocycles. The van der Waals surface area contributed by atoms with Gasteiger partial charge in [-0.15, -0.1) is 0 Å². The van der Waals surface area contributed by atoms with Crippen LogP contribution in [0, 0.1) is 0 Å². The first-order valence-electron chi connectivity index (χ1n) is 8.33. The zero-order valence-electron chi connectivity index (χ0n) is 14.9. The molecule has 0 aromatic heterocycles. The van der Waals surface area contributed by atoms with Crippen LogP contribution < -0.4 is 17.7 Å². The highest BCUT2D eigenvalue weighted by atomic mass is 35.5. The predicted molar refractivity (Wildman–Crippen MR) is 94.7 cm³/mol. The Balaban J connectivity index is 0.00000338. The summed E-state index contributed by atoms with van der Waals surface area (Å²) in [5.74, 6) is -0.495. The molecule has 2 aromatic rings. The lowest BCUT2D eigenvalue weighted by Crippen LogP contribution is -3.00. The number of ketones is 2. The molecule has 6 heteroatoms. The van der Waals surface area contributed by atoms with Crippen molar-refractivity contribution >= 4 is 11.6 Å². The number of benzene rings is 2. The highest BCUT2D eigenvalue weighted by Crippen LogP contribution is 2.20. The molecule has 2 rings (SSSR count). The van der Waals surface area contributed by atoms with E-state index in [1.165, 1.54) is 25.1 Å². The third kappa shape index (κ3) is 5.66. The van der Waals surface area contributed by atoms with Crippen molar-refractivity contribution in [2.24, 2.45) is 0 Å². The van der Waals surface area contributed by atoms with E-state index >= 15 is 0 Å². The normalized spacial score (nSPS) is 12.7. The van der Waals surface area contributed by atoms with Gasteiger partial charge in [0.25, 0.3) is 0 Å². The summed E-state index contributed by atoms with van der Waals surface area (Å²) in [6, 6.07) is 13.6. The molecule has 0 fully saturated rings. The van der Waals surface area contributed by atoms with Crippen LogP contribution in [0.3, 0.4) is 0 Å². The van der Waals surface area contributed by atoms with Crippen molar-refractivity contribution in [3.63, 3.8) is 0 Å². The fourth-order valence-corrected chi connectivity index (χ4v) is 2.67. The number of carbonyl (C=O) groups is 2. The Morgan fingerprint density at radius 3 is 2.38 bits per heavy atom. The monoisotopic (exact) mass is 377 g/mol. The lowest BCUT2D eigenvalue weighted by Gasteiger charge is -2.17. The third-order valence-corrected chi connectivity index (χ3v) is 4.25. The Morgan fingerprint density at radius 1 is 1.12 bits per heavy atom. The van der Waals surface area contributed by atoms with E-state index < -0.39 is 6.10 Å². The highest BCUT2D eigenvalue weighted by molar-refractivity contribution is 6.02. The number of carbonyl (C=O) groups excluding carboxylic acids is 2. The number of hydrogen-bond acceptors (Lipinski definition) is 4. The number of nitrogens with two attached hydrogens (primary N) is 1. The van der Waals surface area contributed by atoms with E-state index in [0.29, 0.717) is 12.1 Å². The second-order valence-corrected chi connectivity index (χ2v) is 6.20. The number of aliphatic hydroxyl groups excluding tert-OH is 1. The number of quaternary nitrogens is 1. The first-order valence-corrected chi connectivity index (χ1v) is 8.33. The third-order valence-electron chi connectivity index (χ3n) is 4.25. The minimum atomic E-state index is -0.620. The number of hydrogen-bond donors (Lipinski definition) is 3. The molecular weight excluding hydrogens is 354 g/mol. The fourth-order valence-electron chi connectivity index (χ4n) is 2.67. The Labute approximate surface area is 159 Å². The van der Waals surface area contributed by atoms with Gasteiger partial charge in [0.15, 0.2) is 11.6 Å². The molecule has 0 spiro atoms. The summed E-state index contributed by atoms with van der Waals surface area (Å²) in [6.07, 6.45) is -0.411.